The van der Waals surface area contributed by atoms with Gasteiger partial charge in [0.05, 0.1) is 16.3 Å². The van der Waals surface area contributed by atoms with Crippen LogP contribution in [0.2, 0.25) is 0 Å². The Labute approximate surface area is 337 Å². The molecule has 18 heteroatoms. The molecule has 4 radical (unpaired) electrons. The molecule has 0 aliphatic rings. The zero-order valence-electron chi connectivity index (χ0n) is 30.0. The molecule has 60 heavy (non-hydrogen) atoms. The van der Waals surface area contributed by atoms with Crippen LogP contribution in [0.1, 0.15) is 0 Å². The summed E-state index contributed by atoms with van der Waals surface area (Å²) in [4.78, 5) is 0. The van der Waals surface area contributed by atoms with Gasteiger partial charge in [0, 0.05) is 42.2 Å². The van der Waals surface area contributed by atoms with Crippen LogP contribution in [0, 0.1) is 0 Å². The van der Waals surface area contributed by atoms with Crippen LogP contribution in [0.5, 0.6) is 51.7 Å². The fourth-order valence-corrected chi connectivity index (χ4v) is 9.99. The van der Waals surface area contributed by atoms with E-state index < -0.39 is 90.5 Å². The number of aromatic nitrogens is 2. The summed E-state index contributed by atoms with van der Waals surface area (Å²) in [6.45, 7) is 0. The quantitative estimate of drug-likeness (QED) is 0.0465. The highest BCUT2D eigenvalue weighted by atomic mass is 32.1. The van der Waals surface area contributed by atoms with E-state index in [0.717, 1.165) is 35.7 Å². The van der Waals surface area contributed by atoms with Crippen LogP contribution >= 0.6 is 11.3 Å². The molecule has 5 heterocycles. The Bertz CT molecular complexity index is 3980. The highest BCUT2D eigenvalue weighted by molar-refractivity contribution is 7.26. The van der Waals surface area contributed by atoms with E-state index in [0.29, 0.717) is 5.69 Å². The largest absolute Gasteiger partial charge is 0.508 e. The number of hydrogen-bond acceptors (Lipinski definition) is 14. The summed E-state index contributed by atoms with van der Waals surface area (Å²) >= 11 is 1.57. The predicted molar refractivity (Wildman–Crippen MR) is 224 cm³/mol. The van der Waals surface area contributed by atoms with E-state index in [-0.39, 0.29) is 43.6 Å². The van der Waals surface area contributed by atoms with Gasteiger partial charge < -0.3 is 50.5 Å². The van der Waals surface area contributed by atoms with Crippen molar-refractivity contribution in [2.45, 2.75) is 0 Å². The van der Waals surface area contributed by atoms with E-state index in [1.165, 1.54) is 4.57 Å². The normalized spacial score (nSPS) is 12.4. The molecule has 0 amide bonds. The molecule has 0 unspecified atom stereocenters. The lowest BCUT2D eigenvalue weighted by molar-refractivity contribution is 0.0835. The molecular weight excluding hydrogens is 794 g/mol. The third kappa shape index (κ3) is 3.81. The number of fused-ring (bicyclic) bond motifs is 8. The van der Waals surface area contributed by atoms with Crippen LogP contribution in [0.4, 0.5) is 0 Å². The van der Waals surface area contributed by atoms with E-state index >= 15 is 0 Å². The van der Waals surface area contributed by atoms with Gasteiger partial charge in [-0.15, -0.1) is 11.3 Å². The fourth-order valence-electron chi connectivity index (χ4n) is 8.77. The molecule has 9 N–H and O–H groups in total. The molecule has 0 aliphatic carbocycles. The fraction of sp³-hybridized carbons (Fsp3) is 0. The molecule has 0 bridgehead atoms. The first-order chi connectivity index (χ1) is 28.9. The Kier molecular flexibility index (Phi) is 6.28. The molecule has 288 valence electrons. The van der Waals surface area contributed by atoms with Crippen molar-refractivity contribution in [1.82, 2.24) is 8.97 Å². The average Bonchev–Trinajstić information content (AvgIpc) is 3.84. The Balaban J connectivity index is 1.43. The van der Waals surface area contributed by atoms with Gasteiger partial charge in [-0.2, -0.15) is 0 Å². The first-order valence-electron chi connectivity index (χ1n) is 17.9. The van der Waals surface area contributed by atoms with Crippen LogP contribution in [-0.4, -0.2) is 70.6 Å². The highest BCUT2D eigenvalue weighted by Crippen LogP contribution is 2.57. The van der Waals surface area contributed by atoms with E-state index in [2.05, 4.69) is 0 Å². The molecule has 0 spiro atoms. The third-order valence-electron chi connectivity index (χ3n) is 11.4. The van der Waals surface area contributed by atoms with Gasteiger partial charge in [0.2, 0.25) is 28.4 Å². The zero-order chi connectivity index (χ0) is 41.4. The summed E-state index contributed by atoms with van der Waals surface area (Å²) in [5, 5.41) is 104. The molecule has 0 saturated heterocycles. The second-order valence-electron chi connectivity index (χ2n) is 14.4. The summed E-state index contributed by atoms with van der Waals surface area (Å²) in [5.41, 5.74) is -2.68. The van der Waals surface area contributed by atoms with Crippen molar-refractivity contribution in [1.29, 1.82) is 0 Å². The number of nitrogens with zero attached hydrogens (tertiary/aromatic N) is 2. The Morgan fingerprint density at radius 1 is 0.450 bits per heavy atom. The summed E-state index contributed by atoms with van der Waals surface area (Å²) in [6.07, 6.45) is 0. The van der Waals surface area contributed by atoms with Crippen molar-refractivity contribution in [3.05, 3.63) is 66.7 Å². The number of phenolic OH excluding ortho intramolecular Hbond substituents is 9. The van der Waals surface area contributed by atoms with Crippen LogP contribution in [0.3, 0.4) is 0 Å². The Morgan fingerprint density at radius 2 is 1.02 bits per heavy atom. The topological polar surface area (TPSA) is 244 Å². The molecule has 0 saturated carbocycles. The second kappa shape index (κ2) is 11.1. The summed E-state index contributed by atoms with van der Waals surface area (Å²) in [5.74, 6) is -8.27. The first kappa shape index (κ1) is 34.0. The smallest absolute Gasteiger partial charge is 0.252 e. The van der Waals surface area contributed by atoms with E-state index in [1.807, 2.05) is 66.7 Å². The lowest BCUT2D eigenvalue weighted by Crippen LogP contribution is -2.10. The maximum absolute atomic E-state index is 12.7. The molecule has 15 nitrogen and oxygen atoms in total. The van der Waals surface area contributed by atoms with Gasteiger partial charge in [-0.25, -0.2) is 0 Å². The van der Waals surface area contributed by atoms with E-state index in [1.54, 1.807) is 11.3 Å². The van der Waals surface area contributed by atoms with Gasteiger partial charge >= 0.3 is 0 Å². The maximum Gasteiger partial charge on any atom is 0.252 e. The zero-order valence-corrected chi connectivity index (χ0v) is 30.8. The standard InChI is InChI=1S/C42H20B2N2O13S/c43-22-24-20(30(48)34(52)31(22)49)18-19-21-27-38(32(50)23(44)29(21)47)56-58-40-28-41(37(55)35(53)36(40)54)59-57-39(26(19)46(27)28)33(51)25(18)45(24)13-10-15(12-6-2-1-3-7-12)42-16(11-13)14-8-4-5-9-17(14)60-42/h1-11,47-55H. The number of phenols is 9. The van der Waals surface area contributed by atoms with Gasteiger partial charge in [0.15, 0.2) is 34.3 Å². The molecule has 5 aromatic heterocycles. The number of thiophene rings is 1. The average molecular weight is 814 g/mol. The van der Waals surface area contributed by atoms with Crippen molar-refractivity contribution >= 4 is 130 Å². The van der Waals surface area contributed by atoms with Gasteiger partial charge in [-0.3, -0.25) is 22.7 Å². The second-order valence-corrected chi connectivity index (χ2v) is 15.4. The minimum atomic E-state index is -1.12. The van der Waals surface area contributed by atoms with Crippen LogP contribution in [0.15, 0.2) is 85.0 Å². The first-order valence-corrected chi connectivity index (χ1v) is 18.7. The monoisotopic (exact) mass is 814 g/mol. The number of aromatic hydroxyl groups is 9. The molecule has 0 atom stereocenters. The lowest BCUT2D eigenvalue weighted by atomic mass is 9.89. The number of hydrogen-bond donors (Lipinski definition) is 9. The number of benzene rings is 7. The minimum Gasteiger partial charge on any atom is -0.508 e. The summed E-state index contributed by atoms with van der Waals surface area (Å²) in [7, 11) is 13.0. The molecule has 7 aromatic carbocycles. The predicted octanol–water partition coefficient (Wildman–Crippen LogP) is 7.56. The van der Waals surface area contributed by atoms with E-state index in [4.69, 9.17) is 34.0 Å². The van der Waals surface area contributed by atoms with Gasteiger partial charge in [0.25, 0.3) is 11.2 Å². The van der Waals surface area contributed by atoms with Crippen molar-refractivity contribution in [3.8, 4) is 68.6 Å². The van der Waals surface area contributed by atoms with Crippen LogP contribution in [-0.2, 0) is 0 Å². The molecule has 0 fully saturated rings. The van der Waals surface area contributed by atoms with Crippen LogP contribution < -0.4 is 10.9 Å². The lowest BCUT2D eigenvalue weighted by Gasteiger charge is -2.15. The highest BCUT2D eigenvalue weighted by Gasteiger charge is 2.36. The molecule has 0 aliphatic heterocycles. The minimum absolute atomic E-state index is 0.105. The van der Waals surface area contributed by atoms with Crippen molar-refractivity contribution in [3.63, 3.8) is 0 Å². The van der Waals surface area contributed by atoms with Gasteiger partial charge in [0.1, 0.15) is 38.0 Å². The van der Waals surface area contributed by atoms with Gasteiger partial charge in [-0.1, -0.05) is 48.5 Å². The van der Waals surface area contributed by atoms with Crippen molar-refractivity contribution in [2.75, 3.05) is 0 Å². The maximum atomic E-state index is 12.7. The van der Waals surface area contributed by atoms with Crippen molar-refractivity contribution in [2.24, 2.45) is 0 Å². The SMILES string of the molecule is [B]c1c(O)c2ooc3c(O)c(O)c(O)c4ooc5c(O)c6c(c7c(O)c(O)c(O)c([B])c7n6-c6cc(-c7ccccc7)c7sc8ccccc8c7c6)c6c(c1O)c2n(c34)c56. The van der Waals surface area contributed by atoms with Crippen molar-refractivity contribution < 1.29 is 64.3 Å². The van der Waals surface area contributed by atoms with Gasteiger partial charge in [-0.05, 0) is 34.7 Å². The van der Waals surface area contributed by atoms with E-state index in [9.17, 15) is 46.0 Å². The number of rotatable bonds is 2. The Morgan fingerprint density at radius 3 is 1.72 bits per heavy atom. The summed E-state index contributed by atoms with van der Waals surface area (Å²) < 4.78 is 26.8. The third-order valence-corrected chi connectivity index (χ3v) is 12.6. The summed E-state index contributed by atoms with van der Waals surface area (Å²) in [6, 6.07) is 21.0. The van der Waals surface area contributed by atoms with Crippen LogP contribution in [0.25, 0.3) is 108 Å². The molecule has 12 rings (SSSR count). The Hall–Kier alpha value is -8.11. The molecule has 12 aromatic rings. The molecular formula is C42H20B2N2O13S.